The van der Waals surface area contributed by atoms with E-state index in [9.17, 15) is 4.79 Å². The predicted octanol–water partition coefficient (Wildman–Crippen LogP) is 4.96. The molecule has 136 valence electrons. The van der Waals surface area contributed by atoms with Gasteiger partial charge in [0.25, 0.3) is 0 Å². The number of unbranched alkanes of at least 4 members (excludes halogenated alkanes) is 1. The number of ether oxygens (including phenoxy) is 1. The molecular weight excluding hydrogens is 364 g/mol. The number of nitrogens with one attached hydrogen (secondary N) is 1. The van der Waals surface area contributed by atoms with Gasteiger partial charge in [0.1, 0.15) is 5.75 Å². The number of thiazole rings is 1. The summed E-state index contributed by atoms with van der Waals surface area (Å²) in [5.41, 5.74) is 5.05. The van der Waals surface area contributed by atoms with Crippen LogP contribution in [0.3, 0.4) is 0 Å². The lowest BCUT2D eigenvalue weighted by Gasteiger charge is -2.17. The molecule has 0 spiro atoms. The SMILES string of the molecule is O=C1CCc2cc(OCCCCS)ccc2N1.c1ccc2scnc2c1. The summed E-state index contributed by atoms with van der Waals surface area (Å²) < 4.78 is 6.92. The Labute approximate surface area is 163 Å². The van der Waals surface area contributed by atoms with Crippen LogP contribution in [-0.2, 0) is 11.2 Å². The molecule has 0 saturated carbocycles. The number of para-hydroxylation sites is 1. The van der Waals surface area contributed by atoms with E-state index in [2.05, 4.69) is 29.0 Å². The summed E-state index contributed by atoms with van der Waals surface area (Å²) in [4.78, 5) is 15.3. The predicted molar refractivity (Wildman–Crippen MR) is 112 cm³/mol. The number of hydrogen-bond donors (Lipinski definition) is 2. The van der Waals surface area contributed by atoms with Gasteiger partial charge < -0.3 is 10.1 Å². The van der Waals surface area contributed by atoms with E-state index in [0.29, 0.717) is 6.42 Å². The molecule has 0 saturated heterocycles. The molecule has 2 heterocycles. The van der Waals surface area contributed by atoms with E-state index in [4.69, 9.17) is 4.74 Å². The minimum Gasteiger partial charge on any atom is -0.494 e. The van der Waals surface area contributed by atoms with Crippen LogP contribution < -0.4 is 10.1 Å². The Morgan fingerprint density at radius 3 is 2.88 bits per heavy atom. The number of rotatable bonds is 5. The van der Waals surface area contributed by atoms with Crippen LogP contribution in [-0.4, -0.2) is 23.3 Å². The standard InChI is InChI=1S/C13H17NO2S.C7H5NS/c15-13-6-3-10-9-11(4-5-12(10)14-13)16-7-1-2-8-17;1-2-4-7-6(3-1)8-5-9-7/h4-5,9,17H,1-3,6-8H2,(H,14,15);1-5H. The Kier molecular flexibility index (Phi) is 6.91. The van der Waals surface area contributed by atoms with E-state index in [1.165, 1.54) is 4.70 Å². The second-order valence-corrected chi connectivity index (χ2v) is 7.30. The lowest BCUT2D eigenvalue weighted by Crippen LogP contribution is -2.18. The largest absolute Gasteiger partial charge is 0.494 e. The molecule has 1 aliphatic heterocycles. The molecule has 3 aromatic rings. The fourth-order valence-electron chi connectivity index (χ4n) is 2.66. The number of thiol groups is 1. The lowest BCUT2D eigenvalue weighted by molar-refractivity contribution is -0.116. The van der Waals surface area contributed by atoms with Crippen molar-refractivity contribution in [3.63, 3.8) is 0 Å². The van der Waals surface area contributed by atoms with Gasteiger partial charge in [-0.2, -0.15) is 12.6 Å². The minimum absolute atomic E-state index is 0.0972. The number of hydrogen-bond acceptors (Lipinski definition) is 5. The Balaban J connectivity index is 0.000000181. The average molecular weight is 387 g/mol. The van der Waals surface area contributed by atoms with Gasteiger partial charge >= 0.3 is 0 Å². The first-order chi connectivity index (χ1) is 12.8. The van der Waals surface area contributed by atoms with Gasteiger partial charge in [-0.05, 0) is 60.9 Å². The van der Waals surface area contributed by atoms with Crippen LogP contribution in [0.5, 0.6) is 5.75 Å². The highest BCUT2D eigenvalue weighted by molar-refractivity contribution is 7.80. The number of anilines is 1. The highest BCUT2D eigenvalue weighted by atomic mass is 32.1. The molecule has 0 unspecified atom stereocenters. The number of nitrogens with zero attached hydrogens (tertiary/aromatic N) is 1. The van der Waals surface area contributed by atoms with Gasteiger partial charge in [0.05, 0.1) is 22.3 Å². The van der Waals surface area contributed by atoms with Crippen molar-refractivity contribution in [2.45, 2.75) is 25.7 Å². The average Bonchev–Trinajstić information content (AvgIpc) is 3.15. The maximum atomic E-state index is 11.2. The molecular formula is C20H22N2O2S2. The number of aryl methyl sites for hydroxylation is 1. The topological polar surface area (TPSA) is 51.2 Å². The summed E-state index contributed by atoms with van der Waals surface area (Å²) >= 11 is 5.83. The van der Waals surface area contributed by atoms with Gasteiger partial charge in [-0.3, -0.25) is 4.79 Å². The van der Waals surface area contributed by atoms with Gasteiger partial charge in [-0.15, -0.1) is 11.3 Å². The second kappa shape index (κ2) is 9.59. The number of carbonyl (C=O) groups is 1. The van der Waals surface area contributed by atoms with Crippen LogP contribution in [0.1, 0.15) is 24.8 Å². The van der Waals surface area contributed by atoms with Crippen molar-refractivity contribution in [2.75, 3.05) is 17.7 Å². The molecule has 0 aliphatic carbocycles. The van der Waals surface area contributed by atoms with Crippen molar-refractivity contribution in [1.82, 2.24) is 4.98 Å². The third kappa shape index (κ3) is 5.22. The van der Waals surface area contributed by atoms with Crippen LogP contribution in [0.25, 0.3) is 10.2 Å². The van der Waals surface area contributed by atoms with Crippen molar-refractivity contribution in [3.8, 4) is 5.75 Å². The van der Waals surface area contributed by atoms with Crippen molar-refractivity contribution in [1.29, 1.82) is 0 Å². The van der Waals surface area contributed by atoms with Crippen molar-refractivity contribution in [2.24, 2.45) is 0 Å². The zero-order chi connectivity index (χ0) is 18.2. The fraction of sp³-hybridized carbons (Fsp3) is 0.300. The smallest absolute Gasteiger partial charge is 0.224 e. The van der Waals surface area contributed by atoms with Crippen molar-refractivity contribution < 1.29 is 9.53 Å². The normalized spacial score (nSPS) is 12.7. The number of aromatic nitrogens is 1. The van der Waals surface area contributed by atoms with Gasteiger partial charge in [0, 0.05) is 12.1 Å². The number of amides is 1. The molecule has 1 amide bonds. The van der Waals surface area contributed by atoms with Crippen molar-refractivity contribution >= 4 is 45.8 Å². The van der Waals surface area contributed by atoms with E-state index in [1.54, 1.807) is 11.3 Å². The second-order valence-electron chi connectivity index (χ2n) is 5.97. The van der Waals surface area contributed by atoms with Crippen LogP contribution in [0.2, 0.25) is 0 Å². The molecule has 0 fully saturated rings. The first kappa shape index (κ1) is 18.7. The molecule has 0 atom stereocenters. The third-order valence-corrected chi connectivity index (χ3v) is 5.16. The van der Waals surface area contributed by atoms with Crippen LogP contribution >= 0.6 is 24.0 Å². The zero-order valence-corrected chi connectivity index (χ0v) is 16.2. The van der Waals surface area contributed by atoms with Crippen LogP contribution in [0.4, 0.5) is 5.69 Å². The van der Waals surface area contributed by atoms with Crippen LogP contribution in [0.15, 0.2) is 48.0 Å². The summed E-state index contributed by atoms with van der Waals surface area (Å²) in [7, 11) is 0. The van der Waals surface area contributed by atoms with E-state index in [0.717, 1.165) is 54.1 Å². The maximum Gasteiger partial charge on any atom is 0.224 e. The van der Waals surface area contributed by atoms with Gasteiger partial charge in [-0.25, -0.2) is 4.98 Å². The Bertz CT molecular complexity index is 834. The quantitative estimate of drug-likeness (QED) is 0.481. The fourth-order valence-corrected chi connectivity index (χ4v) is 3.56. The van der Waals surface area contributed by atoms with E-state index in [-0.39, 0.29) is 5.91 Å². The lowest BCUT2D eigenvalue weighted by atomic mass is 10.0. The first-order valence-corrected chi connectivity index (χ1v) is 10.2. The molecule has 2 aromatic carbocycles. The van der Waals surface area contributed by atoms with E-state index < -0.39 is 0 Å². The number of benzene rings is 2. The first-order valence-electron chi connectivity index (χ1n) is 8.71. The monoisotopic (exact) mass is 386 g/mol. The Morgan fingerprint density at radius 2 is 2.04 bits per heavy atom. The molecule has 4 nitrogen and oxygen atoms in total. The van der Waals surface area contributed by atoms with Crippen LogP contribution in [0, 0.1) is 0 Å². The molecule has 0 radical (unpaired) electrons. The molecule has 0 bridgehead atoms. The highest BCUT2D eigenvalue weighted by Crippen LogP contribution is 2.26. The third-order valence-electron chi connectivity index (χ3n) is 4.03. The number of carbonyl (C=O) groups excluding carboxylic acids is 1. The van der Waals surface area contributed by atoms with Gasteiger partial charge in [-0.1, -0.05) is 12.1 Å². The summed E-state index contributed by atoms with van der Waals surface area (Å²) in [6.07, 6.45) is 3.46. The van der Waals surface area contributed by atoms with Gasteiger partial charge in [0.2, 0.25) is 5.91 Å². The molecule has 1 aliphatic rings. The molecule has 1 N–H and O–H groups in total. The van der Waals surface area contributed by atoms with E-state index >= 15 is 0 Å². The Morgan fingerprint density at radius 1 is 1.15 bits per heavy atom. The minimum atomic E-state index is 0.0972. The number of fused-ring (bicyclic) bond motifs is 2. The van der Waals surface area contributed by atoms with Crippen molar-refractivity contribution in [3.05, 3.63) is 53.5 Å². The zero-order valence-electron chi connectivity index (χ0n) is 14.5. The molecule has 26 heavy (non-hydrogen) atoms. The van der Waals surface area contributed by atoms with E-state index in [1.807, 2.05) is 41.9 Å². The highest BCUT2D eigenvalue weighted by Gasteiger charge is 2.14. The summed E-state index contributed by atoms with van der Waals surface area (Å²) in [5, 5.41) is 2.86. The summed E-state index contributed by atoms with van der Waals surface area (Å²) in [6, 6.07) is 14.0. The molecule has 1 aromatic heterocycles. The summed E-state index contributed by atoms with van der Waals surface area (Å²) in [6.45, 7) is 0.728. The summed E-state index contributed by atoms with van der Waals surface area (Å²) in [5.74, 6) is 1.89. The van der Waals surface area contributed by atoms with Gasteiger partial charge in [0.15, 0.2) is 0 Å². The molecule has 6 heteroatoms. The molecule has 4 rings (SSSR count). The Hall–Kier alpha value is -2.05. The maximum absolute atomic E-state index is 11.2.